The summed E-state index contributed by atoms with van der Waals surface area (Å²) in [5.41, 5.74) is 9.11. The average molecular weight is 323 g/mol. The van der Waals surface area contributed by atoms with Crippen LogP contribution in [0, 0.1) is 6.92 Å². The third kappa shape index (κ3) is 3.74. The minimum absolute atomic E-state index is 0.596. The molecular weight excluding hydrogens is 288 g/mol. The van der Waals surface area contributed by atoms with Crippen LogP contribution in [0.5, 0.6) is 0 Å². The van der Waals surface area contributed by atoms with E-state index in [1.54, 1.807) is 16.7 Å². The number of rotatable bonds is 7. The second-order valence-corrected chi connectivity index (χ2v) is 7.27. The maximum atomic E-state index is 2.52. The molecular formula is C24H34. The van der Waals surface area contributed by atoms with Crippen LogP contribution in [0.4, 0.5) is 0 Å². The molecule has 0 N–H and O–H groups in total. The maximum Gasteiger partial charge on any atom is -0.0112 e. The molecule has 130 valence electrons. The summed E-state index contributed by atoms with van der Waals surface area (Å²) in [7, 11) is 0. The third-order valence-corrected chi connectivity index (χ3v) is 5.60. The molecule has 0 spiro atoms. The monoisotopic (exact) mass is 322 g/mol. The first kappa shape index (κ1) is 18.8. The van der Waals surface area contributed by atoms with Gasteiger partial charge >= 0.3 is 0 Å². The van der Waals surface area contributed by atoms with Gasteiger partial charge in [0.25, 0.3) is 0 Å². The quantitative estimate of drug-likeness (QED) is 0.491. The van der Waals surface area contributed by atoms with E-state index in [2.05, 4.69) is 77.9 Å². The fourth-order valence-corrected chi connectivity index (χ4v) is 3.77. The van der Waals surface area contributed by atoms with E-state index < -0.39 is 0 Å². The van der Waals surface area contributed by atoms with E-state index in [4.69, 9.17) is 0 Å². The highest BCUT2D eigenvalue weighted by atomic mass is 14.3. The maximum absolute atomic E-state index is 2.52. The highest BCUT2D eigenvalue weighted by Gasteiger charge is 2.22. The van der Waals surface area contributed by atoms with E-state index in [0.29, 0.717) is 11.8 Å². The van der Waals surface area contributed by atoms with Crippen molar-refractivity contribution in [2.75, 3.05) is 0 Å². The number of aryl methyl sites for hydroxylation is 1. The summed E-state index contributed by atoms with van der Waals surface area (Å²) in [6, 6.07) is 13.5. The molecule has 0 heterocycles. The Labute approximate surface area is 149 Å². The van der Waals surface area contributed by atoms with E-state index in [1.165, 1.54) is 42.4 Å². The van der Waals surface area contributed by atoms with E-state index in [-0.39, 0.29) is 0 Å². The van der Waals surface area contributed by atoms with Gasteiger partial charge in [-0.15, -0.1) is 0 Å². The summed E-state index contributed by atoms with van der Waals surface area (Å²) < 4.78 is 0. The molecule has 0 heteroatoms. The highest BCUT2D eigenvalue weighted by Crippen LogP contribution is 2.41. The van der Waals surface area contributed by atoms with Gasteiger partial charge in [0.1, 0.15) is 0 Å². The van der Waals surface area contributed by atoms with Crippen LogP contribution in [-0.2, 0) is 6.42 Å². The van der Waals surface area contributed by atoms with Gasteiger partial charge in [-0.1, -0.05) is 77.4 Å². The fraction of sp³-hybridized carbons (Fsp3) is 0.500. The summed E-state index contributed by atoms with van der Waals surface area (Å²) in [6.45, 7) is 14.0. The Morgan fingerprint density at radius 2 is 1.50 bits per heavy atom. The van der Waals surface area contributed by atoms with Gasteiger partial charge in [0.05, 0.1) is 0 Å². The zero-order valence-electron chi connectivity index (χ0n) is 16.4. The third-order valence-electron chi connectivity index (χ3n) is 5.60. The van der Waals surface area contributed by atoms with Crippen LogP contribution in [0.1, 0.15) is 88.0 Å². The first-order chi connectivity index (χ1) is 11.5. The van der Waals surface area contributed by atoms with Gasteiger partial charge in [0.15, 0.2) is 0 Å². The van der Waals surface area contributed by atoms with Crippen LogP contribution >= 0.6 is 0 Å². The molecule has 0 radical (unpaired) electrons. The van der Waals surface area contributed by atoms with Crippen LogP contribution in [0.25, 0.3) is 11.1 Å². The Morgan fingerprint density at radius 3 is 2.04 bits per heavy atom. The normalized spacial score (nSPS) is 13.8. The van der Waals surface area contributed by atoms with Gasteiger partial charge in [0, 0.05) is 0 Å². The van der Waals surface area contributed by atoms with E-state index in [1.807, 2.05) is 0 Å². The Hall–Kier alpha value is -1.56. The first-order valence-corrected chi connectivity index (χ1v) is 9.76. The Bertz CT molecular complexity index is 651. The molecule has 0 saturated heterocycles. The van der Waals surface area contributed by atoms with Crippen LogP contribution < -0.4 is 0 Å². The van der Waals surface area contributed by atoms with Gasteiger partial charge in [-0.25, -0.2) is 0 Å². The summed E-state index contributed by atoms with van der Waals surface area (Å²) in [5.74, 6) is 1.19. The van der Waals surface area contributed by atoms with Crippen LogP contribution in [0.3, 0.4) is 0 Å². The second-order valence-electron chi connectivity index (χ2n) is 7.27. The molecule has 0 fully saturated rings. The minimum atomic E-state index is 0.596. The lowest BCUT2D eigenvalue weighted by atomic mass is 9.78. The molecule has 2 unspecified atom stereocenters. The SMILES string of the molecule is CCCc1cc(C(C)CC)c(-c2ccccc2)c(C(C)CC)c1C. The Balaban J connectivity index is 2.83. The van der Waals surface area contributed by atoms with E-state index in [9.17, 15) is 0 Å². The van der Waals surface area contributed by atoms with Gasteiger partial charge in [-0.3, -0.25) is 0 Å². The van der Waals surface area contributed by atoms with Crippen molar-refractivity contribution in [1.82, 2.24) is 0 Å². The fourth-order valence-electron chi connectivity index (χ4n) is 3.77. The van der Waals surface area contributed by atoms with Crippen molar-refractivity contribution in [2.45, 2.75) is 79.1 Å². The molecule has 0 saturated carbocycles. The smallest absolute Gasteiger partial charge is 0.0112 e. The van der Waals surface area contributed by atoms with Crippen molar-refractivity contribution in [3.05, 3.63) is 58.7 Å². The molecule has 2 aromatic rings. The van der Waals surface area contributed by atoms with E-state index in [0.717, 1.165) is 0 Å². The predicted octanol–water partition coefficient (Wildman–Crippen LogP) is 7.64. The van der Waals surface area contributed by atoms with Crippen LogP contribution in [-0.4, -0.2) is 0 Å². The lowest BCUT2D eigenvalue weighted by molar-refractivity contribution is 0.705. The summed E-state index contributed by atoms with van der Waals surface area (Å²) in [4.78, 5) is 0. The van der Waals surface area contributed by atoms with Crippen molar-refractivity contribution < 1.29 is 0 Å². The van der Waals surface area contributed by atoms with Gasteiger partial charge in [-0.2, -0.15) is 0 Å². The van der Waals surface area contributed by atoms with Crippen molar-refractivity contribution in [3.63, 3.8) is 0 Å². The Kier molecular flexibility index (Phi) is 6.66. The van der Waals surface area contributed by atoms with Crippen molar-refractivity contribution in [2.24, 2.45) is 0 Å². The molecule has 0 aliphatic carbocycles. The molecule has 0 nitrogen and oxygen atoms in total. The first-order valence-electron chi connectivity index (χ1n) is 9.76. The van der Waals surface area contributed by atoms with Gasteiger partial charge < -0.3 is 0 Å². The molecule has 0 amide bonds. The largest absolute Gasteiger partial charge is 0.0651 e. The molecule has 0 aliphatic rings. The molecule has 0 aliphatic heterocycles. The zero-order valence-corrected chi connectivity index (χ0v) is 16.4. The number of hydrogen-bond acceptors (Lipinski definition) is 0. The standard InChI is InChI=1S/C24H34/c1-7-13-21-16-22(17(4)8-2)24(20-14-11-10-12-15-20)23(19(21)6)18(5)9-3/h10-12,14-18H,7-9,13H2,1-6H3. The molecule has 2 atom stereocenters. The zero-order chi connectivity index (χ0) is 17.7. The summed E-state index contributed by atoms with van der Waals surface area (Å²) in [6.07, 6.45) is 4.78. The Morgan fingerprint density at radius 1 is 0.875 bits per heavy atom. The summed E-state index contributed by atoms with van der Waals surface area (Å²) in [5, 5.41) is 0. The average Bonchev–Trinajstić information content (AvgIpc) is 2.62. The topological polar surface area (TPSA) is 0 Å². The minimum Gasteiger partial charge on any atom is -0.0651 e. The van der Waals surface area contributed by atoms with Crippen LogP contribution in [0.15, 0.2) is 36.4 Å². The summed E-state index contributed by atoms with van der Waals surface area (Å²) >= 11 is 0. The molecule has 24 heavy (non-hydrogen) atoms. The number of benzene rings is 2. The van der Waals surface area contributed by atoms with Crippen LogP contribution in [0.2, 0.25) is 0 Å². The lowest BCUT2D eigenvalue weighted by Gasteiger charge is -2.27. The molecule has 0 aromatic heterocycles. The lowest BCUT2D eigenvalue weighted by Crippen LogP contribution is -2.08. The molecule has 2 aromatic carbocycles. The molecule has 2 rings (SSSR count). The highest BCUT2D eigenvalue weighted by molar-refractivity contribution is 5.75. The van der Waals surface area contributed by atoms with Crippen molar-refractivity contribution >= 4 is 0 Å². The van der Waals surface area contributed by atoms with Crippen molar-refractivity contribution in [1.29, 1.82) is 0 Å². The van der Waals surface area contributed by atoms with Crippen molar-refractivity contribution in [3.8, 4) is 11.1 Å². The second kappa shape index (κ2) is 8.51. The van der Waals surface area contributed by atoms with Gasteiger partial charge in [-0.05, 0) is 71.4 Å². The predicted molar refractivity (Wildman–Crippen MR) is 108 cm³/mol. The van der Waals surface area contributed by atoms with Gasteiger partial charge in [0.2, 0.25) is 0 Å². The van der Waals surface area contributed by atoms with E-state index >= 15 is 0 Å². The molecule has 0 bridgehead atoms. The number of hydrogen-bond donors (Lipinski definition) is 0.